The monoisotopic (exact) mass is 329 g/mol. The van der Waals surface area contributed by atoms with Crippen molar-refractivity contribution in [2.24, 2.45) is 18.7 Å². The number of aromatic nitrogens is 2. The molecule has 1 fully saturated rings. The van der Waals surface area contributed by atoms with Gasteiger partial charge in [-0.05, 0) is 30.9 Å². The molecule has 1 saturated carbocycles. The highest BCUT2D eigenvalue weighted by Crippen LogP contribution is 2.31. The third-order valence-corrected chi connectivity index (χ3v) is 4.15. The highest BCUT2D eigenvalue weighted by Gasteiger charge is 2.29. The van der Waals surface area contributed by atoms with E-state index < -0.39 is 4.92 Å². The molecule has 1 aliphatic rings. The first-order valence-corrected chi connectivity index (χ1v) is 7.78. The number of hydrogen-bond acceptors (Lipinski definition) is 5. The van der Waals surface area contributed by atoms with Gasteiger partial charge < -0.3 is 11.1 Å². The van der Waals surface area contributed by atoms with Crippen molar-refractivity contribution in [3.63, 3.8) is 0 Å². The van der Waals surface area contributed by atoms with Gasteiger partial charge in [-0.2, -0.15) is 5.10 Å². The predicted octanol–water partition coefficient (Wildman–Crippen LogP) is 1.46. The van der Waals surface area contributed by atoms with Crippen molar-refractivity contribution in [2.75, 3.05) is 6.54 Å². The highest BCUT2D eigenvalue weighted by atomic mass is 16.6. The Morgan fingerprint density at radius 3 is 2.71 bits per heavy atom. The number of aryl methyl sites for hydroxylation is 1. The summed E-state index contributed by atoms with van der Waals surface area (Å²) in [6, 6.07) is 5.96. The number of nitrogens with zero attached hydrogens (tertiary/aromatic N) is 3. The molecule has 3 N–H and O–H groups in total. The van der Waals surface area contributed by atoms with Crippen LogP contribution >= 0.6 is 0 Å². The second-order valence-electron chi connectivity index (χ2n) is 6.08. The average Bonchev–Trinajstić information content (AvgIpc) is 3.34. The molecule has 0 aliphatic heterocycles. The topological polar surface area (TPSA) is 116 Å². The quantitative estimate of drug-likeness (QED) is 0.615. The van der Waals surface area contributed by atoms with E-state index >= 15 is 0 Å². The molecule has 8 heteroatoms. The van der Waals surface area contributed by atoms with Gasteiger partial charge in [0.25, 0.3) is 11.6 Å². The van der Waals surface area contributed by atoms with Crippen molar-refractivity contribution >= 4 is 11.6 Å². The zero-order valence-electron chi connectivity index (χ0n) is 13.3. The molecule has 126 valence electrons. The van der Waals surface area contributed by atoms with Gasteiger partial charge in [0, 0.05) is 43.5 Å². The van der Waals surface area contributed by atoms with Crippen LogP contribution in [0.1, 0.15) is 23.2 Å². The van der Waals surface area contributed by atoms with Crippen molar-refractivity contribution < 1.29 is 9.72 Å². The Balaban J connectivity index is 1.78. The van der Waals surface area contributed by atoms with Crippen molar-refractivity contribution in [1.29, 1.82) is 0 Å². The molecule has 1 aromatic heterocycles. The number of rotatable bonds is 6. The molecule has 1 amide bonds. The Bertz CT molecular complexity index is 765. The SMILES string of the molecule is Cn1cc(C(=O)NCC(N)C2CC2)c(-c2ccc([N+](=O)[O-])cc2)n1. The molecule has 0 bridgehead atoms. The summed E-state index contributed by atoms with van der Waals surface area (Å²) in [4.78, 5) is 22.7. The number of amides is 1. The number of nitro groups is 1. The van der Waals surface area contributed by atoms with Gasteiger partial charge in [0.05, 0.1) is 10.5 Å². The summed E-state index contributed by atoms with van der Waals surface area (Å²) >= 11 is 0. The van der Waals surface area contributed by atoms with Crippen LogP contribution in [0, 0.1) is 16.0 Å². The first-order chi connectivity index (χ1) is 11.5. The van der Waals surface area contributed by atoms with Crippen molar-refractivity contribution in [2.45, 2.75) is 18.9 Å². The summed E-state index contributed by atoms with van der Waals surface area (Å²) in [6.07, 6.45) is 3.88. The molecule has 1 aromatic carbocycles. The van der Waals surface area contributed by atoms with Crippen molar-refractivity contribution in [3.8, 4) is 11.3 Å². The van der Waals surface area contributed by atoms with E-state index in [4.69, 9.17) is 5.73 Å². The van der Waals surface area contributed by atoms with Crippen LogP contribution in [0.5, 0.6) is 0 Å². The van der Waals surface area contributed by atoms with Gasteiger partial charge in [-0.3, -0.25) is 19.6 Å². The number of non-ortho nitro benzene ring substituents is 1. The van der Waals surface area contributed by atoms with E-state index in [2.05, 4.69) is 10.4 Å². The summed E-state index contributed by atoms with van der Waals surface area (Å²) < 4.78 is 1.55. The van der Waals surface area contributed by atoms with Crippen LogP contribution in [0.2, 0.25) is 0 Å². The number of benzene rings is 1. The number of nitro benzene ring substituents is 1. The first kappa shape index (κ1) is 16.1. The maximum Gasteiger partial charge on any atom is 0.269 e. The lowest BCUT2D eigenvalue weighted by molar-refractivity contribution is -0.384. The average molecular weight is 329 g/mol. The molecule has 24 heavy (non-hydrogen) atoms. The van der Waals surface area contributed by atoms with Gasteiger partial charge in [0.2, 0.25) is 0 Å². The van der Waals surface area contributed by atoms with Gasteiger partial charge in [0.15, 0.2) is 0 Å². The number of carbonyl (C=O) groups excluding carboxylic acids is 1. The van der Waals surface area contributed by atoms with Crippen LogP contribution in [0.3, 0.4) is 0 Å². The second-order valence-corrected chi connectivity index (χ2v) is 6.08. The number of nitrogens with one attached hydrogen (secondary N) is 1. The summed E-state index contributed by atoms with van der Waals surface area (Å²) in [6.45, 7) is 0.429. The molecule has 1 heterocycles. The van der Waals surface area contributed by atoms with Crippen molar-refractivity contribution in [3.05, 3.63) is 46.1 Å². The Hall–Kier alpha value is -2.74. The molecule has 2 aromatic rings. The van der Waals surface area contributed by atoms with Gasteiger partial charge in [-0.1, -0.05) is 0 Å². The third kappa shape index (κ3) is 3.43. The molecular weight excluding hydrogens is 310 g/mol. The minimum atomic E-state index is -0.463. The van der Waals surface area contributed by atoms with E-state index in [-0.39, 0.29) is 17.6 Å². The van der Waals surface area contributed by atoms with E-state index in [1.165, 1.54) is 12.1 Å². The summed E-state index contributed by atoms with van der Waals surface area (Å²) in [5, 5.41) is 17.9. The molecule has 0 saturated heterocycles. The lowest BCUT2D eigenvalue weighted by atomic mass is 10.1. The van der Waals surface area contributed by atoms with E-state index in [1.54, 1.807) is 30.1 Å². The fraction of sp³-hybridized carbons (Fsp3) is 0.375. The molecule has 0 spiro atoms. The molecule has 1 atom stereocenters. The Kier molecular flexibility index (Phi) is 4.30. The maximum atomic E-state index is 12.4. The Morgan fingerprint density at radius 2 is 2.12 bits per heavy atom. The lowest BCUT2D eigenvalue weighted by Crippen LogP contribution is -2.38. The van der Waals surface area contributed by atoms with E-state index in [1.807, 2.05) is 0 Å². The van der Waals surface area contributed by atoms with E-state index in [0.29, 0.717) is 29.3 Å². The van der Waals surface area contributed by atoms with Gasteiger partial charge >= 0.3 is 0 Å². The normalized spacial score (nSPS) is 15.1. The zero-order valence-corrected chi connectivity index (χ0v) is 13.3. The second kappa shape index (κ2) is 6.40. The van der Waals surface area contributed by atoms with Crippen LogP contribution in [0.4, 0.5) is 5.69 Å². The van der Waals surface area contributed by atoms with E-state index in [0.717, 1.165) is 12.8 Å². The van der Waals surface area contributed by atoms with Crippen LogP contribution < -0.4 is 11.1 Å². The first-order valence-electron chi connectivity index (χ1n) is 7.78. The molecule has 0 radical (unpaired) electrons. The van der Waals surface area contributed by atoms with Gasteiger partial charge in [-0.15, -0.1) is 0 Å². The predicted molar refractivity (Wildman–Crippen MR) is 88.3 cm³/mol. The smallest absolute Gasteiger partial charge is 0.269 e. The molecule has 1 unspecified atom stereocenters. The fourth-order valence-electron chi connectivity index (χ4n) is 2.61. The number of hydrogen-bond donors (Lipinski definition) is 2. The van der Waals surface area contributed by atoms with Crippen LogP contribution in [-0.4, -0.2) is 33.2 Å². The van der Waals surface area contributed by atoms with Gasteiger partial charge in [0.1, 0.15) is 5.69 Å². The maximum absolute atomic E-state index is 12.4. The fourth-order valence-corrected chi connectivity index (χ4v) is 2.61. The van der Waals surface area contributed by atoms with Crippen LogP contribution in [-0.2, 0) is 7.05 Å². The standard InChI is InChI=1S/C16H19N5O3/c1-20-9-13(16(22)18-8-14(17)10-2-3-10)15(19-20)11-4-6-12(7-5-11)21(23)24/h4-7,9-10,14H,2-3,8,17H2,1H3,(H,18,22). The summed E-state index contributed by atoms with van der Waals surface area (Å²) in [5.74, 6) is 0.265. The summed E-state index contributed by atoms with van der Waals surface area (Å²) in [7, 11) is 1.72. The Morgan fingerprint density at radius 1 is 1.46 bits per heavy atom. The molecule has 8 nitrogen and oxygen atoms in total. The van der Waals surface area contributed by atoms with Crippen molar-refractivity contribution in [1.82, 2.24) is 15.1 Å². The van der Waals surface area contributed by atoms with Crippen LogP contribution in [0.25, 0.3) is 11.3 Å². The minimum absolute atomic E-state index is 0.00362. The minimum Gasteiger partial charge on any atom is -0.350 e. The third-order valence-electron chi connectivity index (χ3n) is 4.15. The zero-order chi connectivity index (χ0) is 17.3. The van der Waals surface area contributed by atoms with E-state index in [9.17, 15) is 14.9 Å². The highest BCUT2D eigenvalue weighted by molar-refractivity contribution is 5.99. The molecule has 1 aliphatic carbocycles. The molecule has 3 rings (SSSR count). The number of nitrogens with two attached hydrogens (primary N) is 1. The molecular formula is C16H19N5O3. The Labute approximate surface area is 138 Å². The van der Waals surface area contributed by atoms with Gasteiger partial charge in [-0.25, -0.2) is 0 Å². The summed E-state index contributed by atoms with van der Waals surface area (Å²) in [5.41, 5.74) is 7.57. The number of carbonyl (C=O) groups is 1. The van der Waals surface area contributed by atoms with Crippen LogP contribution in [0.15, 0.2) is 30.5 Å². The largest absolute Gasteiger partial charge is 0.350 e. The lowest BCUT2D eigenvalue weighted by Gasteiger charge is -2.11.